The topological polar surface area (TPSA) is 109 Å². The molecule has 1 aromatic heterocycles. The molecular formula is C23H29N3O5S2. The molecule has 0 aliphatic carbocycles. The first-order chi connectivity index (χ1) is 15.7. The van der Waals surface area contributed by atoms with E-state index in [2.05, 4.69) is 10.2 Å². The second kappa shape index (κ2) is 11.0. The molecular weight excluding hydrogens is 462 g/mol. The van der Waals surface area contributed by atoms with E-state index in [-0.39, 0.29) is 23.0 Å². The Morgan fingerprint density at radius 2 is 1.70 bits per heavy atom. The Hall–Kier alpha value is -2.69. The number of benzene rings is 2. The fraction of sp³-hybridized carbons (Fsp3) is 0.348. The van der Waals surface area contributed by atoms with Crippen molar-refractivity contribution in [3.63, 3.8) is 0 Å². The number of aromatic nitrogens is 2. The number of rotatable bonds is 12. The molecule has 0 radical (unpaired) electrons. The number of sulfone groups is 1. The molecule has 0 bridgehead atoms. The van der Waals surface area contributed by atoms with Crippen molar-refractivity contribution in [1.29, 1.82) is 0 Å². The summed E-state index contributed by atoms with van der Waals surface area (Å²) in [6.07, 6.45) is 1.31. The molecule has 33 heavy (non-hydrogen) atoms. The maximum absolute atomic E-state index is 12.8. The number of H-pyrrole nitrogens is 1. The number of nitrogens with zero attached hydrogens (tertiary/aromatic N) is 2. The Labute approximate surface area is 195 Å². The Bertz CT molecular complexity index is 1240. The summed E-state index contributed by atoms with van der Waals surface area (Å²) in [5.41, 5.74) is 2.84. The lowest BCUT2D eigenvalue weighted by Gasteiger charge is -2.17. The van der Waals surface area contributed by atoms with Crippen LogP contribution in [0.2, 0.25) is 0 Å². The molecule has 10 heteroatoms. The van der Waals surface area contributed by atoms with E-state index in [0.29, 0.717) is 25.1 Å². The molecule has 0 atom stereocenters. The van der Waals surface area contributed by atoms with Crippen LogP contribution in [0.15, 0.2) is 65.6 Å². The fourth-order valence-electron chi connectivity index (χ4n) is 3.18. The van der Waals surface area contributed by atoms with Gasteiger partial charge in [-0.3, -0.25) is 5.10 Å². The Kier molecular flexibility index (Phi) is 8.28. The zero-order chi connectivity index (χ0) is 23.9. The molecule has 3 rings (SSSR count). The smallest absolute Gasteiger partial charge is 0.242 e. The first-order valence-electron chi connectivity index (χ1n) is 10.7. The quantitative estimate of drug-likeness (QED) is 0.417. The summed E-state index contributed by atoms with van der Waals surface area (Å²) in [4.78, 5) is 0.159. The standard InChI is InChI=1S/C23H29N3O5S2/c1-3-32(27,28)17-16-31-21-11-13-22(14-12-21)33(29,30)26(2)15-7-10-20-18-23(25-24-20)19-8-5-4-6-9-19/h4-6,8-9,11-14,18H,3,7,10,15-17H2,1-2H3,(H,24,25). The van der Waals surface area contributed by atoms with Gasteiger partial charge in [0.25, 0.3) is 0 Å². The zero-order valence-electron chi connectivity index (χ0n) is 18.8. The van der Waals surface area contributed by atoms with Crippen LogP contribution in [0.1, 0.15) is 19.0 Å². The van der Waals surface area contributed by atoms with Crippen LogP contribution in [-0.2, 0) is 26.3 Å². The summed E-state index contributed by atoms with van der Waals surface area (Å²) in [5.74, 6) is 0.417. The highest BCUT2D eigenvalue weighted by Crippen LogP contribution is 2.20. The average molecular weight is 492 g/mol. The van der Waals surface area contributed by atoms with Crippen molar-refractivity contribution >= 4 is 19.9 Å². The normalized spacial score (nSPS) is 12.2. The minimum absolute atomic E-state index is 0.0295. The second-order valence-electron chi connectivity index (χ2n) is 7.63. The summed E-state index contributed by atoms with van der Waals surface area (Å²) in [7, 11) is -5.19. The minimum Gasteiger partial charge on any atom is -0.493 e. The van der Waals surface area contributed by atoms with Gasteiger partial charge in [-0.2, -0.15) is 5.10 Å². The monoisotopic (exact) mass is 491 g/mol. The molecule has 178 valence electrons. The van der Waals surface area contributed by atoms with E-state index in [1.165, 1.54) is 28.6 Å². The van der Waals surface area contributed by atoms with Gasteiger partial charge in [0, 0.05) is 30.6 Å². The number of ether oxygens (including phenoxy) is 1. The third kappa shape index (κ3) is 6.89. The van der Waals surface area contributed by atoms with Crippen LogP contribution >= 0.6 is 0 Å². The maximum Gasteiger partial charge on any atom is 0.242 e. The van der Waals surface area contributed by atoms with E-state index in [4.69, 9.17) is 4.74 Å². The summed E-state index contributed by atoms with van der Waals surface area (Å²) in [5, 5.41) is 7.34. The highest BCUT2D eigenvalue weighted by atomic mass is 32.2. The van der Waals surface area contributed by atoms with Crippen LogP contribution in [0, 0.1) is 0 Å². The molecule has 1 heterocycles. The molecule has 0 unspecified atom stereocenters. The van der Waals surface area contributed by atoms with Crippen molar-refractivity contribution in [1.82, 2.24) is 14.5 Å². The number of nitrogens with one attached hydrogen (secondary N) is 1. The van der Waals surface area contributed by atoms with Gasteiger partial charge in [0.05, 0.1) is 16.3 Å². The zero-order valence-corrected chi connectivity index (χ0v) is 20.4. The van der Waals surface area contributed by atoms with Crippen LogP contribution in [0.25, 0.3) is 11.3 Å². The highest BCUT2D eigenvalue weighted by molar-refractivity contribution is 7.91. The lowest BCUT2D eigenvalue weighted by molar-refractivity contribution is 0.340. The summed E-state index contributed by atoms with van der Waals surface area (Å²) in [6.45, 7) is 1.97. The first-order valence-corrected chi connectivity index (χ1v) is 14.0. The predicted molar refractivity (Wildman–Crippen MR) is 128 cm³/mol. The van der Waals surface area contributed by atoms with Crippen LogP contribution in [0.3, 0.4) is 0 Å². The van der Waals surface area contributed by atoms with Gasteiger partial charge in [-0.05, 0) is 43.2 Å². The molecule has 0 fully saturated rings. The van der Waals surface area contributed by atoms with E-state index in [1.807, 2.05) is 36.4 Å². The van der Waals surface area contributed by atoms with Crippen molar-refractivity contribution < 1.29 is 21.6 Å². The first kappa shape index (κ1) is 24.9. The van der Waals surface area contributed by atoms with Gasteiger partial charge in [-0.25, -0.2) is 21.1 Å². The molecule has 2 aromatic carbocycles. The summed E-state index contributed by atoms with van der Waals surface area (Å²) >= 11 is 0. The second-order valence-corrected chi connectivity index (χ2v) is 12.1. The summed E-state index contributed by atoms with van der Waals surface area (Å²) in [6, 6.07) is 17.8. The molecule has 0 spiro atoms. The molecule has 0 saturated heterocycles. The van der Waals surface area contributed by atoms with Crippen molar-refractivity contribution in [3.05, 3.63) is 66.4 Å². The van der Waals surface area contributed by atoms with Crippen LogP contribution in [0.4, 0.5) is 0 Å². The van der Waals surface area contributed by atoms with Crippen molar-refractivity contribution in [3.8, 4) is 17.0 Å². The summed E-state index contributed by atoms with van der Waals surface area (Å²) < 4.78 is 55.5. The third-order valence-electron chi connectivity index (χ3n) is 5.25. The van der Waals surface area contributed by atoms with Crippen LogP contribution in [-0.4, -0.2) is 63.0 Å². The lowest BCUT2D eigenvalue weighted by Crippen LogP contribution is -2.28. The van der Waals surface area contributed by atoms with E-state index in [0.717, 1.165) is 17.0 Å². The Balaban J connectivity index is 1.51. The Morgan fingerprint density at radius 3 is 2.36 bits per heavy atom. The third-order valence-corrected chi connectivity index (χ3v) is 8.79. The molecule has 0 aliphatic rings. The van der Waals surface area contributed by atoms with Gasteiger partial charge >= 0.3 is 0 Å². The van der Waals surface area contributed by atoms with Gasteiger partial charge in [-0.15, -0.1) is 0 Å². The van der Waals surface area contributed by atoms with Gasteiger partial charge < -0.3 is 4.74 Å². The molecule has 0 aliphatic heterocycles. The number of aryl methyl sites for hydroxylation is 1. The highest BCUT2D eigenvalue weighted by Gasteiger charge is 2.20. The number of hydrogen-bond acceptors (Lipinski definition) is 6. The van der Waals surface area contributed by atoms with Gasteiger partial charge in [0.2, 0.25) is 10.0 Å². The number of sulfonamides is 1. The van der Waals surface area contributed by atoms with Gasteiger partial charge in [0.1, 0.15) is 12.4 Å². The van der Waals surface area contributed by atoms with E-state index < -0.39 is 19.9 Å². The average Bonchev–Trinajstić information content (AvgIpc) is 3.29. The van der Waals surface area contributed by atoms with Crippen molar-refractivity contribution in [2.45, 2.75) is 24.7 Å². The van der Waals surface area contributed by atoms with Gasteiger partial charge in [-0.1, -0.05) is 37.3 Å². The van der Waals surface area contributed by atoms with Crippen LogP contribution in [0.5, 0.6) is 5.75 Å². The minimum atomic E-state index is -3.64. The molecule has 8 nitrogen and oxygen atoms in total. The van der Waals surface area contributed by atoms with E-state index >= 15 is 0 Å². The molecule has 0 amide bonds. The van der Waals surface area contributed by atoms with E-state index in [9.17, 15) is 16.8 Å². The number of aromatic amines is 1. The number of hydrogen-bond donors (Lipinski definition) is 1. The fourth-order valence-corrected chi connectivity index (χ4v) is 5.01. The largest absolute Gasteiger partial charge is 0.493 e. The van der Waals surface area contributed by atoms with E-state index in [1.54, 1.807) is 14.0 Å². The van der Waals surface area contributed by atoms with Gasteiger partial charge in [0.15, 0.2) is 9.84 Å². The van der Waals surface area contributed by atoms with Crippen molar-refractivity contribution in [2.75, 3.05) is 31.7 Å². The lowest BCUT2D eigenvalue weighted by atomic mass is 10.1. The molecule has 3 aromatic rings. The molecule has 0 saturated carbocycles. The SMILES string of the molecule is CCS(=O)(=O)CCOc1ccc(S(=O)(=O)N(C)CCCc2cc(-c3ccccc3)n[nH]2)cc1. The van der Waals surface area contributed by atoms with Crippen LogP contribution < -0.4 is 4.74 Å². The molecule has 1 N–H and O–H groups in total. The Morgan fingerprint density at radius 1 is 1.00 bits per heavy atom. The van der Waals surface area contributed by atoms with Crippen molar-refractivity contribution in [2.24, 2.45) is 0 Å². The predicted octanol–water partition coefficient (Wildman–Crippen LogP) is 3.14. The maximum atomic E-state index is 12.8.